The van der Waals surface area contributed by atoms with Crippen molar-refractivity contribution >= 4 is 21.5 Å². The number of rotatable bonds is 9. The first-order valence-corrected chi connectivity index (χ1v) is 12.1. The molecule has 5 nitrogen and oxygen atoms in total. The molecule has 4 aromatic rings. The quantitative estimate of drug-likeness (QED) is 0.269. The van der Waals surface area contributed by atoms with Crippen molar-refractivity contribution in [2.24, 2.45) is 0 Å². The lowest BCUT2D eigenvalue weighted by Gasteiger charge is -2.25. The lowest BCUT2D eigenvalue weighted by Crippen LogP contribution is -2.24. The van der Waals surface area contributed by atoms with Gasteiger partial charge in [0.25, 0.3) is 0 Å². The van der Waals surface area contributed by atoms with Crippen molar-refractivity contribution in [2.45, 2.75) is 45.7 Å². The molecule has 0 saturated heterocycles. The highest BCUT2D eigenvalue weighted by atomic mass is 16.3. The maximum Gasteiger partial charge on any atom is 0.120 e. The molecule has 0 spiro atoms. The molecule has 5 heteroatoms. The Morgan fingerprint density at radius 1 is 0.686 bits per heavy atom. The van der Waals surface area contributed by atoms with E-state index in [-0.39, 0.29) is 11.5 Å². The monoisotopic (exact) mass is 463 g/mol. The number of benzene rings is 4. The minimum absolute atomic E-state index is 0.224. The van der Waals surface area contributed by atoms with Gasteiger partial charge in [-0.25, -0.2) is 0 Å². The van der Waals surface area contributed by atoms with Crippen LogP contribution in [0.2, 0.25) is 0 Å². The summed E-state index contributed by atoms with van der Waals surface area (Å²) >= 11 is 0. The zero-order valence-corrected chi connectivity index (χ0v) is 20.0. The van der Waals surface area contributed by atoms with Gasteiger partial charge in [0.1, 0.15) is 11.5 Å². The van der Waals surface area contributed by atoms with Crippen molar-refractivity contribution in [1.82, 2.24) is 4.90 Å². The predicted molar refractivity (Wildman–Crippen MR) is 139 cm³/mol. The maximum absolute atomic E-state index is 10.8. The minimum atomic E-state index is 0.224. The Labute approximate surface area is 206 Å². The molecule has 0 amide bonds. The van der Waals surface area contributed by atoms with E-state index in [1.165, 1.54) is 6.42 Å². The zero-order valence-electron chi connectivity index (χ0n) is 20.0. The Kier molecular flexibility index (Phi) is 7.51. The van der Waals surface area contributed by atoms with Crippen LogP contribution in [0.3, 0.4) is 0 Å². The van der Waals surface area contributed by atoms with Crippen LogP contribution in [0.1, 0.15) is 54.9 Å². The van der Waals surface area contributed by atoms with Crippen molar-refractivity contribution in [2.75, 3.05) is 6.54 Å². The van der Waals surface area contributed by atoms with Crippen LogP contribution >= 0.6 is 0 Å². The molecule has 0 radical (unpaired) electrons. The van der Waals surface area contributed by atoms with Gasteiger partial charge >= 0.3 is 0 Å². The van der Waals surface area contributed by atoms with E-state index in [0.717, 1.165) is 58.5 Å². The first-order valence-electron chi connectivity index (χ1n) is 12.1. The standard InChI is InChI=1S/C30H29N3O2/c1-2-3-4-5-14-33(19-27-25-10-6-21(17-31)15-23(25)8-12-29(27)34)20-28-26-11-7-22(18-32)16-24(26)9-13-30(28)35/h6-13,15-16,34-35H,2-5,14,19-20H2,1H3. The van der Waals surface area contributed by atoms with Crippen LogP contribution in [0.25, 0.3) is 21.5 Å². The maximum atomic E-state index is 10.8. The van der Waals surface area contributed by atoms with Gasteiger partial charge in [0.05, 0.1) is 23.3 Å². The van der Waals surface area contributed by atoms with E-state index in [9.17, 15) is 20.7 Å². The first-order chi connectivity index (χ1) is 17.0. The number of fused-ring (bicyclic) bond motifs is 2. The number of nitrogens with zero attached hydrogens (tertiary/aromatic N) is 3. The van der Waals surface area contributed by atoms with Crippen LogP contribution < -0.4 is 0 Å². The molecule has 0 bridgehead atoms. The number of nitriles is 2. The molecule has 0 saturated carbocycles. The molecule has 0 aliphatic heterocycles. The summed E-state index contributed by atoms with van der Waals surface area (Å²) in [5.41, 5.74) is 2.80. The number of hydrogen-bond donors (Lipinski definition) is 2. The van der Waals surface area contributed by atoms with E-state index in [0.29, 0.717) is 24.2 Å². The summed E-state index contributed by atoms with van der Waals surface area (Å²) in [5.74, 6) is 0.447. The van der Waals surface area contributed by atoms with Crippen LogP contribution in [0.4, 0.5) is 0 Å². The number of phenolic OH excluding ortho intramolecular Hbond substituents is 2. The van der Waals surface area contributed by atoms with Gasteiger partial charge in [0.15, 0.2) is 0 Å². The Morgan fingerprint density at radius 3 is 1.66 bits per heavy atom. The van der Waals surface area contributed by atoms with Crippen molar-refractivity contribution in [3.8, 4) is 23.6 Å². The van der Waals surface area contributed by atoms with Gasteiger partial charge in [-0.3, -0.25) is 4.90 Å². The Hall–Kier alpha value is -4.06. The Morgan fingerprint density at radius 2 is 1.20 bits per heavy atom. The highest BCUT2D eigenvalue weighted by molar-refractivity contribution is 5.89. The fourth-order valence-electron chi connectivity index (χ4n) is 4.66. The molecular weight excluding hydrogens is 434 g/mol. The van der Waals surface area contributed by atoms with Crippen LogP contribution in [-0.2, 0) is 13.1 Å². The van der Waals surface area contributed by atoms with Crippen LogP contribution in [0.15, 0.2) is 60.7 Å². The average Bonchev–Trinajstić information content (AvgIpc) is 2.88. The molecule has 0 heterocycles. The molecular formula is C30H29N3O2. The van der Waals surface area contributed by atoms with Crippen molar-refractivity contribution < 1.29 is 10.2 Å². The van der Waals surface area contributed by atoms with Crippen LogP contribution in [-0.4, -0.2) is 21.7 Å². The molecule has 0 aliphatic rings. The zero-order chi connectivity index (χ0) is 24.8. The molecule has 4 aromatic carbocycles. The fraction of sp³-hybridized carbons (Fsp3) is 0.267. The molecule has 0 aromatic heterocycles. The summed E-state index contributed by atoms with van der Waals surface area (Å²) in [6.07, 6.45) is 4.45. The molecule has 176 valence electrons. The lowest BCUT2D eigenvalue weighted by molar-refractivity contribution is 0.246. The van der Waals surface area contributed by atoms with Crippen molar-refractivity contribution in [1.29, 1.82) is 10.5 Å². The Bertz CT molecular complexity index is 1340. The number of aromatic hydroxyl groups is 2. The normalized spacial score (nSPS) is 11.1. The van der Waals surface area contributed by atoms with E-state index >= 15 is 0 Å². The summed E-state index contributed by atoms with van der Waals surface area (Å²) in [6.45, 7) is 4.02. The second-order valence-electron chi connectivity index (χ2n) is 8.99. The summed E-state index contributed by atoms with van der Waals surface area (Å²) in [5, 5.41) is 43.8. The highest BCUT2D eigenvalue weighted by Gasteiger charge is 2.17. The summed E-state index contributed by atoms with van der Waals surface area (Å²) in [6, 6.07) is 22.4. The largest absolute Gasteiger partial charge is 0.508 e. The van der Waals surface area contributed by atoms with Gasteiger partial charge in [-0.1, -0.05) is 50.5 Å². The van der Waals surface area contributed by atoms with E-state index in [4.69, 9.17) is 0 Å². The number of phenols is 2. The van der Waals surface area contributed by atoms with E-state index in [1.54, 1.807) is 24.3 Å². The van der Waals surface area contributed by atoms with Gasteiger partial charge in [-0.15, -0.1) is 0 Å². The van der Waals surface area contributed by atoms with Crippen LogP contribution in [0, 0.1) is 22.7 Å². The third-order valence-corrected chi connectivity index (χ3v) is 6.56. The summed E-state index contributed by atoms with van der Waals surface area (Å²) < 4.78 is 0. The molecule has 0 fully saturated rings. The Balaban J connectivity index is 1.72. The molecule has 0 unspecified atom stereocenters. The first kappa shape index (κ1) is 24.1. The van der Waals surface area contributed by atoms with Crippen LogP contribution in [0.5, 0.6) is 11.5 Å². The van der Waals surface area contributed by atoms with Gasteiger partial charge in [-0.05, 0) is 70.9 Å². The molecule has 4 rings (SSSR count). The second-order valence-corrected chi connectivity index (χ2v) is 8.99. The SMILES string of the molecule is CCCCCCN(Cc1c(O)ccc2cc(C#N)ccc12)Cc1c(O)ccc2cc(C#N)ccc12. The highest BCUT2D eigenvalue weighted by Crippen LogP contribution is 2.33. The van der Waals surface area contributed by atoms with E-state index < -0.39 is 0 Å². The van der Waals surface area contributed by atoms with E-state index in [1.807, 2.05) is 36.4 Å². The summed E-state index contributed by atoms with van der Waals surface area (Å²) in [7, 11) is 0. The third kappa shape index (κ3) is 5.38. The fourth-order valence-corrected chi connectivity index (χ4v) is 4.66. The second kappa shape index (κ2) is 10.9. The van der Waals surface area contributed by atoms with Gasteiger partial charge in [-0.2, -0.15) is 10.5 Å². The average molecular weight is 464 g/mol. The molecule has 35 heavy (non-hydrogen) atoms. The van der Waals surface area contributed by atoms with E-state index in [2.05, 4.69) is 24.0 Å². The molecule has 0 aliphatic carbocycles. The minimum Gasteiger partial charge on any atom is -0.508 e. The van der Waals surface area contributed by atoms with Crippen molar-refractivity contribution in [3.05, 3.63) is 82.9 Å². The summed E-state index contributed by atoms with van der Waals surface area (Å²) in [4.78, 5) is 2.26. The molecule has 0 atom stereocenters. The topological polar surface area (TPSA) is 91.3 Å². The van der Waals surface area contributed by atoms with Gasteiger partial charge in [0.2, 0.25) is 0 Å². The lowest BCUT2D eigenvalue weighted by atomic mass is 9.99. The van der Waals surface area contributed by atoms with Crippen molar-refractivity contribution in [3.63, 3.8) is 0 Å². The van der Waals surface area contributed by atoms with Gasteiger partial charge < -0.3 is 10.2 Å². The molecule has 2 N–H and O–H groups in total. The third-order valence-electron chi connectivity index (χ3n) is 6.56. The van der Waals surface area contributed by atoms with Gasteiger partial charge in [0, 0.05) is 24.2 Å². The predicted octanol–water partition coefficient (Wildman–Crippen LogP) is 6.73. The number of hydrogen-bond acceptors (Lipinski definition) is 5. The number of unbranched alkanes of at least 4 members (excludes halogenated alkanes) is 3. The smallest absolute Gasteiger partial charge is 0.120 e.